The molecule has 1 saturated carbocycles. The minimum atomic E-state index is 0.315. The number of carbonyl (C=O) groups is 1. The zero-order chi connectivity index (χ0) is 11.1. The fourth-order valence-corrected chi connectivity index (χ4v) is 3.70. The first-order valence-electron chi connectivity index (χ1n) is 6.74. The number of piperidine rings is 1. The molecule has 2 aliphatic carbocycles. The summed E-state index contributed by atoms with van der Waals surface area (Å²) in [5.41, 5.74) is 0. The van der Waals surface area contributed by atoms with Gasteiger partial charge in [0.1, 0.15) is 0 Å². The molecule has 1 amide bonds. The fraction of sp³-hybridized carbons (Fsp3) is 0.786. The van der Waals surface area contributed by atoms with Crippen LogP contribution in [0.3, 0.4) is 0 Å². The van der Waals surface area contributed by atoms with Crippen molar-refractivity contribution in [1.82, 2.24) is 4.90 Å². The van der Waals surface area contributed by atoms with Crippen molar-refractivity contribution in [3.05, 3.63) is 12.2 Å². The van der Waals surface area contributed by atoms with Crippen molar-refractivity contribution in [2.45, 2.75) is 45.1 Å². The average molecular weight is 219 g/mol. The third kappa shape index (κ3) is 1.59. The number of rotatable bonds is 1. The molecule has 1 aliphatic heterocycles. The molecule has 0 radical (unpaired) electrons. The summed E-state index contributed by atoms with van der Waals surface area (Å²) in [6.45, 7) is 3.21. The lowest BCUT2D eigenvalue weighted by Gasteiger charge is -2.36. The number of allylic oxidation sites excluding steroid dienone is 2. The summed E-state index contributed by atoms with van der Waals surface area (Å²) in [4.78, 5) is 14.6. The summed E-state index contributed by atoms with van der Waals surface area (Å²) in [6, 6.07) is 0.476. The molecule has 0 aromatic carbocycles. The standard InChI is InChI=1S/C14H21NO/c1-10-4-2-3-7-15(10)14(16)13-9-11-5-6-12(13)8-11/h5-6,10-13H,2-4,7-9H2,1H3. The van der Waals surface area contributed by atoms with Gasteiger partial charge in [0.15, 0.2) is 0 Å². The number of fused-ring (bicyclic) bond motifs is 2. The zero-order valence-corrected chi connectivity index (χ0v) is 10.1. The van der Waals surface area contributed by atoms with E-state index in [1.54, 1.807) is 0 Å². The molecule has 1 heterocycles. The van der Waals surface area contributed by atoms with Gasteiger partial charge in [-0.1, -0.05) is 12.2 Å². The molecule has 16 heavy (non-hydrogen) atoms. The van der Waals surface area contributed by atoms with E-state index in [4.69, 9.17) is 0 Å². The summed E-state index contributed by atoms with van der Waals surface area (Å²) < 4.78 is 0. The van der Waals surface area contributed by atoms with E-state index in [1.165, 1.54) is 25.7 Å². The van der Waals surface area contributed by atoms with Gasteiger partial charge in [0.2, 0.25) is 5.91 Å². The van der Waals surface area contributed by atoms with Gasteiger partial charge in [-0.15, -0.1) is 0 Å². The fourth-order valence-electron chi connectivity index (χ4n) is 3.70. The third-order valence-corrected chi connectivity index (χ3v) is 4.68. The lowest BCUT2D eigenvalue weighted by atomic mass is 9.90. The summed E-state index contributed by atoms with van der Waals surface area (Å²) >= 11 is 0. The van der Waals surface area contributed by atoms with Crippen LogP contribution in [0.15, 0.2) is 12.2 Å². The van der Waals surface area contributed by atoms with Crippen molar-refractivity contribution in [3.63, 3.8) is 0 Å². The average Bonchev–Trinajstić information content (AvgIpc) is 2.90. The molecule has 88 valence electrons. The Kier molecular flexibility index (Phi) is 2.53. The molecule has 3 aliphatic rings. The van der Waals surface area contributed by atoms with Crippen molar-refractivity contribution < 1.29 is 4.79 Å². The van der Waals surface area contributed by atoms with Crippen LogP contribution in [0.1, 0.15) is 39.0 Å². The Hall–Kier alpha value is -0.790. The largest absolute Gasteiger partial charge is 0.340 e. The summed E-state index contributed by atoms with van der Waals surface area (Å²) in [7, 11) is 0. The Morgan fingerprint density at radius 1 is 1.25 bits per heavy atom. The monoisotopic (exact) mass is 219 g/mol. The minimum absolute atomic E-state index is 0.315. The van der Waals surface area contributed by atoms with Crippen LogP contribution in [0.4, 0.5) is 0 Å². The highest BCUT2D eigenvalue weighted by Crippen LogP contribution is 2.44. The molecule has 0 aromatic rings. The predicted octanol–water partition coefficient (Wildman–Crippen LogP) is 2.60. The summed E-state index contributed by atoms with van der Waals surface area (Å²) in [5.74, 6) is 2.03. The molecule has 2 heteroatoms. The van der Waals surface area contributed by atoms with Gasteiger partial charge in [-0.2, -0.15) is 0 Å². The second-order valence-corrected chi connectivity index (χ2v) is 5.76. The second-order valence-electron chi connectivity index (χ2n) is 5.76. The Morgan fingerprint density at radius 2 is 2.12 bits per heavy atom. The Labute approximate surface area is 97.7 Å². The lowest BCUT2D eigenvalue weighted by Crippen LogP contribution is -2.45. The highest BCUT2D eigenvalue weighted by atomic mass is 16.2. The van der Waals surface area contributed by atoms with Crippen LogP contribution in [-0.4, -0.2) is 23.4 Å². The number of likely N-dealkylation sites (tertiary alicyclic amines) is 1. The molecule has 4 atom stereocenters. The van der Waals surface area contributed by atoms with Gasteiger partial charge in [0.25, 0.3) is 0 Å². The third-order valence-electron chi connectivity index (χ3n) is 4.68. The van der Waals surface area contributed by atoms with Crippen molar-refractivity contribution >= 4 is 5.91 Å². The second kappa shape index (κ2) is 3.90. The highest BCUT2D eigenvalue weighted by Gasteiger charge is 2.42. The number of hydrogen-bond donors (Lipinski definition) is 0. The SMILES string of the molecule is CC1CCCCN1C(=O)C1CC2C=CC1C2. The van der Waals surface area contributed by atoms with Gasteiger partial charge >= 0.3 is 0 Å². The quantitative estimate of drug-likeness (QED) is 0.621. The van der Waals surface area contributed by atoms with Crippen LogP contribution in [0.5, 0.6) is 0 Å². The Balaban J connectivity index is 1.70. The van der Waals surface area contributed by atoms with E-state index in [9.17, 15) is 4.79 Å². The molecule has 0 aromatic heterocycles. The first kappa shape index (κ1) is 10.4. The zero-order valence-electron chi connectivity index (χ0n) is 10.1. The van der Waals surface area contributed by atoms with Crippen molar-refractivity contribution in [3.8, 4) is 0 Å². The number of carbonyl (C=O) groups excluding carboxylic acids is 1. The molecule has 2 fully saturated rings. The van der Waals surface area contributed by atoms with E-state index in [0.29, 0.717) is 29.7 Å². The van der Waals surface area contributed by atoms with Gasteiger partial charge in [-0.3, -0.25) is 4.79 Å². The summed E-state index contributed by atoms with van der Waals surface area (Å²) in [6.07, 6.45) is 10.6. The van der Waals surface area contributed by atoms with Gasteiger partial charge < -0.3 is 4.90 Å². The van der Waals surface area contributed by atoms with Crippen LogP contribution < -0.4 is 0 Å². The van der Waals surface area contributed by atoms with Gasteiger partial charge in [0, 0.05) is 18.5 Å². The van der Waals surface area contributed by atoms with E-state index >= 15 is 0 Å². The Morgan fingerprint density at radius 3 is 2.75 bits per heavy atom. The van der Waals surface area contributed by atoms with E-state index in [0.717, 1.165) is 13.0 Å². The number of hydrogen-bond acceptors (Lipinski definition) is 1. The van der Waals surface area contributed by atoms with E-state index in [-0.39, 0.29) is 0 Å². The molecule has 2 bridgehead atoms. The minimum Gasteiger partial charge on any atom is -0.340 e. The Bertz CT molecular complexity index is 323. The van der Waals surface area contributed by atoms with Crippen molar-refractivity contribution in [1.29, 1.82) is 0 Å². The van der Waals surface area contributed by atoms with Gasteiger partial charge in [-0.25, -0.2) is 0 Å². The van der Waals surface area contributed by atoms with Crippen LogP contribution in [0.25, 0.3) is 0 Å². The van der Waals surface area contributed by atoms with Crippen molar-refractivity contribution in [2.24, 2.45) is 17.8 Å². The maximum Gasteiger partial charge on any atom is 0.226 e. The maximum absolute atomic E-state index is 12.5. The number of amides is 1. The normalized spacial score (nSPS) is 41.7. The smallest absolute Gasteiger partial charge is 0.226 e. The van der Waals surface area contributed by atoms with Crippen LogP contribution in [0.2, 0.25) is 0 Å². The molecular weight excluding hydrogens is 198 g/mol. The molecule has 1 saturated heterocycles. The maximum atomic E-state index is 12.5. The van der Waals surface area contributed by atoms with Gasteiger partial charge in [0.05, 0.1) is 0 Å². The van der Waals surface area contributed by atoms with Gasteiger partial charge in [-0.05, 0) is 50.9 Å². The molecule has 0 N–H and O–H groups in total. The summed E-state index contributed by atoms with van der Waals surface area (Å²) in [5, 5.41) is 0. The molecule has 3 rings (SSSR count). The predicted molar refractivity (Wildman–Crippen MR) is 63.9 cm³/mol. The first-order chi connectivity index (χ1) is 7.75. The van der Waals surface area contributed by atoms with Crippen molar-refractivity contribution in [2.75, 3.05) is 6.54 Å². The van der Waals surface area contributed by atoms with E-state index < -0.39 is 0 Å². The molecule has 2 nitrogen and oxygen atoms in total. The number of nitrogens with zero attached hydrogens (tertiary/aromatic N) is 1. The molecule has 4 unspecified atom stereocenters. The highest BCUT2D eigenvalue weighted by molar-refractivity contribution is 5.80. The molecule has 0 spiro atoms. The van der Waals surface area contributed by atoms with Crippen LogP contribution in [-0.2, 0) is 4.79 Å². The molecular formula is C14H21NO. The van der Waals surface area contributed by atoms with Crippen LogP contribution >= 0.6 is 0 Å². The van der Waals surface area contributed by atoms with E-state index in [1.807, 2.05) is 0 Å². The van der Waals surface area contributed by atoms with Crippen LogP contribution in [0, 0.1) is 17.8 Å². The lowest BCUT2D eigenvalue weighted by molar-refractivity contribution is -0.139. The van der Waals surface area contributed by atoms with E-state index in [2.05, 4.69) is 24.0 Å². The topological polar surface area (TPSA) is 20.3 Å². The first-order valence-corrected chi connectivity index (χ1v) is 6.74.